The first-order valence-electron chi connectivity index (χ1n) is 8.91. The molecule has 1 fully saturated rings. The molecule has 0 spiro atoms. The average molecular weight is 326 g/mol. The Morgan fingerprint density at radius 3 is 2.71 bits per heavy atom. The van der Waals surface area contributed by atoms with Gasteiger partial charge in [0.15, 0.2) is 5.43 Å². The zero-order valence-corrected chi connectivity index (χ0v) is 13.9. The Hall–Kier alpha value is -2.10. The number of pyridine rings is 1. The molecule has 0 amide bonds. The predicted molar refractivity (Wildman–Crippen MR) is 96.1 cm³/mol. The number of benzene rings is 1. The highest BCUT2D eigenvalue weighted by Crippen LogP contribution is 2.28. The van der Waals surface area contributed by atoms with E-state index in [4.69, 9.17) is 0 Å². The van der Waals surface area contributed by atoms with Crippen LogP contribution in [0, 0.1) is 5.82 Å². The molecule has 0 unspecified atom stereocenters. The lowest BCUT2D eigenvalue weighted by Gasteiger charge is -2.26. The van der Waals surface area contributed by atoms with Crippen LogP contribution in [0.1, 0.15) is 44.2 Å². The number of rotatable bonds is 2. The maximum absolute atomic E-state index is 14.5. The fourth-order valence-electron chi connectivity index (χ4n) is 4.02. The van der Waals surface area contributed by atoms with Crippen LogP contribution in [-0.4, -0.2) is 10.6 Å². The van der Waals surface area contributed by atoms with E-state index in [2.05, 4.69) is 16.5 Å². The molecule has 1 aromatic carbocycles. The lowest BCUT2D eigenvalue weighted by molar-refractivity contribution is 0.460. The van der Waals surface area contributed by atoms with E-state index in [1.54, 1.807) is 6.07 Å². The van der Waals surface area contributed by atoms with E-state index < -0.39 is 0 Å². The molecule has 1 aliphatic heterocycles. The maximum atomic E-state index is 14.5. The first-order chi connectivity index (χ1) is 11.6. The van der Waals surface area contributed by atoms with E-state index in [1.807, 2.05) is 6.07 Å². The summed E-state index contributed by atoms with van der Waals surface area (Å²) in [6.07, 6.45) is 7.57. The minimum Gasteiger partial charge on any atom is -0.380 e. The van der Waals surface area contributed by atoms with E-state index in [1.165, 1.54) is 25.3 Å². The minimum atomic E-state index is -0.333. The molecule has 1 aromatic heterocycles. The van der Waals surface area contributed by atoms with Crippen molar-refractivity contribution in [3.63, 3.8) is 0 Å². The van der Waals surface area contributed by atoms with Crippen LogP contribution in [0.4, 0.5) is 10.1 Å². The number of nitrogens with zero attached hydrogens (tertiary/aromatic N) is 1. The number of fused-ring (bicyclic) bond motifs is 3. The molecule has 0 saturated heterocycles. The van der Waals surface area contributed by atoms with Crippen molar-refractivity contribution in [1.82, 2.24) is 4.57 Å². The number of halogens is 1. The van der Waals surface area contributed by atoms with Gasteiger partial charge in [-0.1, -0.05) is 31.4 Å². The second-order valence-electron chi connectivity index (χ2n) is 7.16. The fraction of sp³-hybridized carbons (Fsp3) is 0.450. The van der Waals surface area contributed by atoms with Gasteiger partial charge in [-0.3, -0.25) is 4.79 Å². The van der Waals surface area contributed by atoms with E-state index in [0.29, 0.717) is 23.7 Å². The highest BCUT2D eigenvalue weighted by atomic mass is 19.1. The van der Waals surface area contributed by atoms with Crippen molar-refractivity contribution >= 4 is 16.6 Å². The summed E-state index contributed by atoms with van der Waals surface area (Å²) in [5.74, 6) is -0.333. The standard InChI is InChI=1S/C20H23FN2O/c1-13-7-8-15-9-20(24)16-10-17(21)18(11-19(16)23(15)12-13)22-14-5-3-2-4-6-14/h9-11,14,22H,1-8,12H2. The van der Waals surface area contributed by atoms with Crippen molar-refractivity contribution < 1.29 is 4.39 Å². The normalized spacial score (nSPS) is 18.6. The van der Waals surface area contributed by atoms with Gasteiger partial charge in [-0.15, -0.1) is 0 Å². The monoisotopic (exact) mass is 326 g/mol. The quantitative estimate of drug-likeness (QED) is 0.831. The van der Waals surface area contributed by atoms with Crippen molar-refractivity contribution in [2.75, 3.05) is 5.32 Å². The Balaban J connectivity index is 1.81. The Kier molecular flexibility index (Phi) is 3.91. The van der Waals surface area contributed by atoms with E-state index in [0.717, 1.165) is 42.5 Å². The van der Waals surface area contributed by atoms with E-state index >= 15 is 0 Å². The lowest BCUT2D eigenvalue weighted by atomic mass is 9.95. The Bertz CT molecular complexity index is 862. The van der Waals surface area contributed by atoms with Gasteiger partial charge in [-0.2, -0.15) is 0 Å². The molecular formula is C20H23FN2O. The molecule has 0 radical (unpaired) electrons. The summed E-state index contributed by atoms with van der Waals surface area (Å²) in [5, 5.41) is 3.82. The van der Waals surface area contributed by atoms with Gasteiger partial charge in [-0.25, -0.2) is 4.39 Å². The van der Waals surface area contributed by atoms with Gasteiger partial charge in [-0.05, 0) is 37.8 Å². The van der Waals surface area contributed by atoms with Gasteiger partial charge in [0.25, 0.3) is 0 Å². The molecule has 1 N–H and O–H groups in total. The van der Waals surface area contributed by atoms with Crippen LogP contribution >= 0.6 is 0 Å². The lowest BCUT2D eigenvalue weighted by Crippen LogP contribution is -2.24. The molecule has 3 nitrogen and oxygen atoms in total. The number of hydrogen-bond acceptors (Lipinski definition) is 2. The molecule has 2 aliphatic rings. The second kappa shape index (κ2) is 6.08. The summed E-state index contributed by atoms with van der Waals surface area (Å²) in [4.78, 5) is 12.4. The third kappa shape index (κ3) is 2.74. The molecule has 2 aromatic rings. The van der Waals surface area contributed by atoms with Gasteiger partial charge >= 0.3 is 0 Å². The first kappa shape index (κ1) is 15.4. The molecule has 4 rings (SSSR count). The van der Waals surface area contributed by atoms with Crippen molar-refractivity contribution in [3.05, 3.63) is 52.1 Å². The maximum Gasteiger partial charge on any atom is 0.189 e. The van der Waals surface area contributed by atoms with Crippen LogP contribution < -0.4 is 10.7 Å². The van der Waals surface area contributed by atoms with Gasteiger partial charge < -0.3 is 9.88 Å². The number of nitrogens with one attached hydrogen (secondary N) is 1. The van der Waals surface area contributed by atoms with E-state index in [9.17, 15) is 9.18 Å². The molecule has 1 saturated carbocycles. The number of allylic oxidation sites excluding steroid dienone is 1. The third-order valence-corrected chi connectivity index (χ3v) is 5.37. The molecule has 0 bridgehead atoms. The van der Waals surface area contributed by atoms with Gasteiger partial charge in [0.2, 0.25) is 0 Å². The van der Waals surface area contributed by atoms with Crippen LogP contribution in [0.3, 0.4) is 0 Å². The SMILES string of the molecule is C=C1CCc2cc(=O)c3cc(F)c(NC4CCCCC4)cc3n2C1. The fourth-order valence-corrected chi connectivity index (χ4v) is 4.02. The summed E-state index contributed by atoms with van der Waals surface area (Å²) >= 11 is 0. The van der Waals surface area contributed by atoms with Gasteiger partial charge in [0, 0.05) is 29.7 Å². The summed E-state index contributed by atoms with van der Waals surface area (Å²) in [6.45, 7) is 4.80. The highest BCUT2D eigenvalue weighted by molar-refractivity contribution is 5.83. The van der Waals surface area contributed by atoms with Crippen LogP contribution in [0.5, 0.6) is 0 Å². The minimum absolute atomic E-state index is 0.0909. The second-order valence-corrected chi connectivity index (χ2v) is 7.16. The number of hydrogen-bond donors (Lipinski definition) is 1. The van der Waals surface area contributed by atoms with Crippen molar-refractivity contribution in [2.45, 2.75) is 57.5 Å². The molecule has 2 heterocycles. The Morgan fingerprint density at radius 2 is 1.92 bits per heavy atom. The third-order valence-electron chi connectivity index (χ3n) is 5.37. The summed E-state index contributed by atoms with van der Waals surface area (Å²) in [6, 6.07) is 5.20. The summed E-state index contributed by atoms with van der Waals surface area (Å²) in [5.41, 5.74) is 3.42. The molecule has 4 heteroatoms. The van der Waals surface area contributed by atoms with Crippen molar-refractivity contribution in [1.29, 1.82) is 0 Å². The highest BCUT2D eigenvalue weighted by Gasteiger charge is 2.19. The zero-order chi connectivity index (χ0) is 16.7. The first-order valence-corrected chi connectivity index (χ1v) is 8.91. The average Bonchev–Trinajstić information content (AvgIpc) is 2.58. The zero-order valence-electron chi connectivity index (χ0n) is 13.9. The summed E-state index contributed by atoms with van der Waals surface area (Å²) < 4.78 is 16.7. The van der Waals surface area contributed by atoms with Crippen LogP contribution in [0.15, 0.2) is 35.1 Å². The number of anilines is 1. The number of aromatic nitrogens is 1. The molecule has 126 valence electrons. The Morgan fingerprint density at radius 1 is 1.12 bits per heavy atom. The largest absolute Gasteiger partial charge is 0.380 e. The number of aryl methyl sites for hydroxylation is 1. The van der Waals surface area contributed by atoms with Crippen molar-refractivity contribution in [2.24, 2.45) is 0 Å². The van der Waals surface area contributed by atoms with Crippen LogP contribution in [-0.2, 0) is 13.0 Å². The summed E-state index contributed by atoms with van der Waals surface area (Å²) in [7, 11) is 0. The van der Waals surface area contributed by atoms with Crippen molar-refractivity contribution in [3.8, 4) is 0 Å². The van der Waals surface area contributed by atoms with Gasteiger partial charge in [0.1, 0.15) is 5.82 Å². The van der Waals surface area contributed by atoms with Gasteiger partial charge in [0.05, 0.1) is 11.2 Å². The molecule has 24 heavy (non-hydrogen) atoms. The smallest absolute Gasteiger partial charge is 0.189 e. The van der Waals surface area contributed by atoms with Crippen LogP contribution in [0.25, 0.3) is 10.9 Å². The van der Waals surface area contributed by atoms with E-state index in [-0.39, 0.29) is 11.2 Å². The predicted octanol–water partition coefficient (Wildman–Crippen LogP) is 4.39. The van der Waals surface area contributed by atoms with Crippen LogP contribution in [0.2, 0.25) is 0 Å². The molecule has 0 atom stereocenters. The molecular weight excluding hydrogens is 303 g/mol. The topological polar surface area (TPSA) is 34.0 Å². The molecule has 1 aliphatic carbocycles. The Labute approximate surface area is 141 Å².